The van der Waals surface area contributed by atoms with Crippen molar-refractivity contribution in [2.45, 2.75) is 29.0 Å². The van der Waals surface area contributed by atoms with Gasteiger partial charge in [0.2, 0.25) is 0 Å². The van der Waals surface area contributed by atoms with Gasteiger partial charge in [-0.3, -0.25) is 4.98 Å². The zero-order chi connectivity index (χ0) is 21.2. The minimum Gasteiger partial charge on any atom is -0.452 e. The predicted molar refractivity (Wildman–Crippen MR) is 128 cm³/mol. The first-order valence-corrected chi connectivity index (χ1v) is 11.3. The first kappa shape index (κ1) is 19.8. The number of nitrogens with one attached hydrogen (secondary N) is 1. The fourth-order valence-electron chi connectivity index (χ4n) is 3.78. The van der Waals surface area contributed by atoms with Gasteiger partial charge in [-0.25, -0.2) is 0 Å². The first-order chi connectivity index (χ1) is 15.2. The summed E-state index contributed by atoms with van der Waals surface area (Å²) in [5.74, 6) is 0.849. The first-order valence-electron chi connectivity index (χ1n) is 10.1. The van der Waals surface area contributed by atoms with Crippen molar-refractivity contribution in [3.05, 3.63) is 108 Å². The zero-order valence-corrected chi connectivity index (χ0v) is 18.6. The van der Waals surface area contributed by atoms with Crippen LogP contribution in [0, 0.1) is 6.92 Å². The van der Waals surface area contributed by atoms with Gasteiger partial charge in [-0.1, -0.05) is 53.7 Å². The molecule has 1 aliphatic heterocycles. The summed E-state index contributed by atoms with van der Waals surface area (Å²) in [7, 11) is 0. The third-order valence-corrected chi connectivity index (χ3v) is 6.51. The van der Waals surface area contributed by atoms with Gasteiger partial charge in [0.1, 0.15) is 11.8 Å². The molecule has 2 atom stereocenters. The maximum Gasteiger partial charge on any atom is 0.174 e. The summed E-state index contributed by atoms with van der Waals surface area (Å²) >= 11 is 7.37. The summed E-state index contributed by atoms with van der Waals surface area (Å²) in [4.78, 5) is 7.86. The minimum absolute atomic E-state index is 0.115. The number of thiocarbonyl (C=S) groups is 1. The Bertz CT molecular complexity index is 1180. The molecule has 1 saturated heterocycles. The van der Waals surface area contributed by atoms with Crippen LogP contribution in [-0.2, 0) is 0 Å². The predicted octanol–water partition coefficient (Wildman–Crippen LogP) is 6.31. The third kappa shape index (κ3) is 4.09. The van der Waals surface area contributed by atoms with E-state index in [0.717, 1.165) is 27.1 Å². The van der Waals surface area contributed by atoms with Crippen LogP contribution in [-0.4, -0.2) is 10.1 Å². The Morgan fingerprint density at radius 2 is 1.71 bits per heavy atom. The van der Waals surface area contributed by atoms with Crippen molar-refractivity contribution in [3.63, 3.8) is 0 Å². The Morgan fingerprint density at radius 3 is 2.45 bits per heavy atom. The summed E-state index contributed by atoms with van der Waals surface area (Å²) < 4.78 is 6.34. The number of pyridine rings is 1. The summed E-state index contributed by atoms with van der Waals surface area (Å²) in [5, 5.41) is 4.98. The number of aromatic nitrogens is 1. The van der Waals surface area contributed by atoms with E-state index < -0.39 is 0 Å². The fourth-order valence-corrected chi connectivity index (χ4v) is 4.93. The van der Waals surface area contributed by atoms with Gasteiger partial charge in [-0.15, -0.1) is 0 Å². The van der Waals surface area contributed by atoms with E-state index in [1.165, 1.54) is 5.56 Å². The van der Waals surface area contributed by atoms with Gasteiger partial charge < -0.3 is 14.6 Å². The van der Waals surface area contributed by atoms with Crippen LogP contribution in [0.15, 0.2) is 106 Å². The molecule has 4 aromatic rings. The van der Waals surface area contributed by atoms with E-state index in [2.05, 4.69) is 58.5 Å². The highest BCUT2D eigenvalue weighted by molar-refractivity contribution is 7.99. The molecular weight excluding hydrogens is 422 g/mol. The number of benzene rings is 2. The van der Waals surface area contributed by atoms with E-state index in [-0.39, 0.29) is 12.1 Å². The summed E-state index contributed by atoms with van der Waals surface area (Å²) in [6, 6.07) is 28.4. The van der Waals surface area contributed by atoms with E-state index in [1.54, 1.807) is 11.8 Å². The zero-order valence-electron chi connectivity index (χ0n) is 16.9. The molecule has 3 heterocycles. The molecule has 0 spiro atoms. The van der Waals surface area contributed by atoms with Gasteiger partial charge in [-0.2, -0.15) is 0 Å². The molecule has 0 saturated carbocycles. The largest absolute Gasteiger partial charge is 0.452 e. The highest BCUT2D eigenvalue weighted by Gasteiger charge is 2.42. The second kappa shape index (κ2) is 8.57. The van der Waals surface area contributed by atoms with Crippen molar-refractivity contribution >= 4 is 34.8 Å². The van der Waals surface area contributed by atoms with Crippen molar-refractivity contribution in [2.24, 2.45) is 0 Å². The van der Waals surface area contributed by atoms with E-state index in [9.17, 15) is 0 Å². The Morgan fingerprint density at radius 1 is 0.935 bits per heavy atom. The highest BCUT2D eigenvalue weighted by atomic mass is 32.2. The lowest BCUT2D eigenvalue weighted by Crippen LogP contribution is -2.29. The van der Waals surface area contributed by atoms with Crippen LogP contribution >= 0.6 is 24.0 Å². The van der Waals surface area contributed by atoms with Crippen molar-refractivity contribution in [3.8, 4) is 0 Å². The average molecular weight is 444 g/mol. The summed E-state index contributed by atoms with van der Waals surface area (Å²) in [6.45, 7) is 2.08. The summed E-state index contributed by atoms with van der Waals surface area (Å²) in [5.41, 5.74) is 3.16. The number of aryl methyl sites for hydroxylation is 1. The Balaban J connectivity index is 1.53. The molecule has 0 aliphatic carbocycles. The van der Waals surface area contributed by atoms with Crippen molar-refractivity contribution < 1.29 is 4.42 Å². The van der Waals surface area contributed by atoms with Gasteiger partial charge in [0.05, 0.1) is 11.7 Å². The molecule has 1 fully saturated rings. The van der Waals surface area contributed by atoms with Gasteiger partial charge in [0.15, 0.2) is 10.2 Å². The number of rotatable bonds is 5. The summed E-state index contributed by atoms with van der Waals surface area (Å²) in [6.07, 6.45) is 1.81. The van der Waals surface area contributed by atoms with Gasteiger partial charge in [-0.05, 0) is 67.7 Å². The molecular formula is C25H21N3OS2. The second-order valence-corrected chi connectivity index (χ2v) is 8.87. The average Bonchev–Trinajstić information content (AvgIpc) is 3.40. The van der Waals surface area contributed by atoms with Gasteiger partial charge in [0, 0.05) is 16.8 Å². The number of furan rings is 1. The lowest BCUT2D eigenvalue weighted by molar-refractivity contribution is 0.383. The number of hydrogen-bond acceptors (Lipinski definition) is 4. The Hall–Kier alpha value is -3.09. The molecule has 2 aromatic carbocycles. The monoisotopic (exact) mass is 443 g/mol. The molecule has 2 aromatic heterocycles. The van der Waals surface area contributed by atoms with Crippen LogP contribution < -0.4 is 10.2 Å². The Kier molecular flexibility index (Phi) is 5.49. The number of hydrogen-bond donors (Lipinski definition) is 1. The molecule has 31 heavy (non-hydrogen) atoms. The normalized spacial score (nSPS) is 18.2. The number of nitrogens with zero attached hydrogens (tertiary/aromatic N) is 2. The van der Waals surface area contributed by atoms with Gasteiger partial charge in [0.25, 0.3) is 0 Å². The third-order valence-electron chi connectivity index (χ3n) is 5.27. The SMILES string of the molecule is Cc1ccc(N2C(=S)N[C@H](c3ccccn3)[C@@H]2c2ccc(Sc3ccccc3)o2)cc1. The molecule has 154 valence electrons. The molecule has 1 N–H and O–H groups in total. The van der Waals surface area contributed by atoms with E-state index in [0.29, 0.717) is 5.11 Å². The quantitative estimate of drug-likeness (QED) is 0.365. The van der Waals surface area contributed by atoms with Crippen LogP contribution in [0.5, 0.6) is 0 Å². The molecule has 1 aliphatic rings. The lowest BCUT2D eigenvalue weighted by Gasteiger charge is -2.26. The minimum atomic E-state index is -0.143. The molecule has 4 nitrogen and oxygen atoms in total. The van der Waals surface area contributed by atoms with Crippen LogP contribution in [0.3, 0.4) is 0 Å². The Labute approximate surface area is 191 Å². The van der Waals surface area contributed by atoms with Gasteiger partial charge >= 0.3 is 0 Å². The maximum absolute atomic E-state index is 6.34. The van der Waals surface area contributed by atoms with Crippen molar-refractivity contribution in [2.75, 3.05) is 4.90 Å². The van der Waals surface area contributed by atoms with E-state index in [4.69, 9.17) is 16.6 Å². The van der Waals surface area contributed by atoms with Crippen molar-refractivity contribution in [1.82, 2.24) is 10.3 Å². The second-order valence-electron chi connectivity index (χ2n) is 7.40. The fraction of sp³-hybridized carbons (Fsp3) is 0.120. The van der Waals surface area contributed by atoms with Crippen LogP contribution in [0.2, 0.25) is 0 Å². The van der Waals surface area contributed by atoms with Crippen LogP contribution in [0.1, 0.15) is 29.1 Å². The van der Waals surface area contributed by atoms with Crippen LogP contribution in [0.25, 0.3) is 0 Å². The molecule has 0 unspecified atom stereocenters. The maximum atomic E-state index is 6.34. The van der Waals surface area contributed by atoms with Crippen LogP contribution in [0.4, 0.5) is 5.69 Å². The standard InChI is InChI=1S/C25H21N3OS2/c1-17-10-12-18(13-11-17)28-24(23(27-25(28)30)20-9-5-6-16-26-20)21-14-15-22(29-21)31-19-7-3-2-4-8-19/h2-16,23-24H,1H3,(H,27,30)/t23-,24+/m1/s1. The van der Waals surface area contributed by atoms with E-state index in [1.807, 2.05) is 54.7 Å². The smallest absolute Gasteiger partial charge is 0.174 e. The topological polar surface area (TPSA) is 41.3 Å². The molecule has 6 heteroatoms. The van der Waals surface area contributed by atoms with Crippen molar-refractivity contribution in [1.29, 1.82) is 0 Å². The lowest BCUT2D eigenvalue weighted by atomic mass is 10.0. The molecule has 5 rings (SSSR count). The molecule has 0 amide bonds. The molecule has 0 radical (unpaired) electrons. The molecule has 0 bridgehead atoms. The van der Waals surface area contributed by atoms with E-state index >= 15 is 0 Å². The highest BCUT2D eigenvalue weighted by Crippen LogP contribution is 2.43. The number of anilines is 1.